The van der Waals surface area contributed by atoms with Gasteiger partial charge in [-0.3, -0.25) is 19.2 Å². The summed E-state index contributed by atoms with van der Waals surface area (Å²) in [7, 11) is 4.66. The van der Waals surface area contributed by atoms with Crippen LogP contribution >= 0.6 is 0 Å². The third-order valence-corrected chi connectivity index (χ3v) is 9.18. The Morgan fingerprint density at radius 2 is 1.76 bits per heavy atom. The maximum Gasteiger partial charge on any atom is 0.250 e. The fourth-order valence-corrected chi connectivity index (χ4v) is 7.24. The van der Waals surface area contributed by atoms with Gasteiger partial charge in [-0.25, -0.2) is 0 Å². The van der Waals surface area contributed by atoms with Crippen LogP contribution in [-0.4, -0.2) is 62.2 Å². The van der Waals surface area contributed by atoms with Crippen LogP contribution in [0.4, 0.5) is 5.69 Å². The van der Waals surface area contributed by atoms with E-state index in [1.165, 1.54) is 13.0 Å². The average Bonchev–Trinajstić information content (AvgIpc) is 3.27. The van der Waals surface area contributed by atoms with Gasteiger partial charge in [-0.15, -0.1) is 0 Å². The van der Waals surface area contributed by atoms with Crippen molar-refractivity contribution >= 4 is 17.5 Å². The summed E-state index contributed by atoms with van der Waals surface area (Å²) in [6, 6.07) is 11.9. The number of benzene rings is 1. The van der Waals surface area contributed by atoms with Crippen molar-refractivity contribution in [1.29, 1.82) is 0 Å². The summed E-state index contributed by atoms with van der Waals surface area (Å²) >= 11 is 0. The summed E-state index contributed by atoms with van der Waals surface area (Å²) in [5, 5.41) is 6.10. The Morgan fingerprint density at radius 3 is 2.49 bits per heavy atom. The van der Waals surface area contributed by atoms with E-state index in [9.17, 15) is 19.2 Å². The predicted molar refractivity (Wildman–Crippen MR) is 169 cm³/mol. The number of hydrogen-bond donors (Lipinski definition) is 2. The lowest BCUT2D eigenvalue weighted by Gasteiger charge is -2.42. The standard InChI is InChI=1S/C34H38N4O7/c1-19(39)36-25-10-8-21-13-29(43-2)33(44-3)34(45-4)32(21)23-9-11-26(28(40)14-24(23)25)35-15-31(42)37-16-20-12-22(18-37)27-6-5-7-30(41)38(27)17-20/h5-7,9,11,13-14,20,22,25H,8,10,12,15-18H2,1-4H3,(H,35,40)(H,36,39)/t20-,22+,25+/m1/s1. The van der Waals surface area contributed by atoms with E-state index < -0.39 is 6.04 Å². The summed E-state index contributed by atoms with van der Waals surface area (Å²) < 4.78 is 18.9. The molecule has 0 unspecified atom stereocenters. The first-order valence-electron chi connectivity index (χ1n) is 15.2. The summed E-state index contributed by atoms with van der Waals surface area (Å²) in [5.41, 5.74) is 4.00. The molecular weight excluding hydrogens is 576 g/mol. The number of rotatable bonds is 7. The second-order valence-electron chi connectivity index (χ2n) is 11.9. The van der Waals surface area contributed by atoms with Gasteiger partial charge in [-0.1, -0.05) is 12.1 Å². The Bertz CT molecular complexity index is 1790. The lowest BCUT2D eigenvalue weighted by atomic mass is 9.83. The molecule has 0 saturated carbocycles. The van der Waals surface area contributed by atoms with Crippen LogP contribution in [-0.2, 0) is 22.6 Å². The minimum Gasteiger partial charge on any atom is -0.493 e. The minimum absolute atomic E-state index is 0.000493. The third-order valence-electron chi connectivity index (χ3n) is 9.18. The van der Waals surface area contributed by atoms with Crippen LogP contribution in [0.15, 0.2) is 52.1 Å². The molecule has 0 spiro atoms. The molecule has 11 nitrogen and oxygen atoms in total. The van der Waals surface area contributed by atoms with Crippen molar-refractivity contribution < 1.29 is 23.8 Å². The number of aromatic nitrogens is 1. The van der Waals surface area contributed by atoms with Gasteiger partial charge in [-0.05, 0) is 66.1 Å². The van der Waals surface area contributed by atoms with Crippen molar-refractivity contribution in [1.82, 2.24) is 14.8 Å². The molecule has 6 rings (SSSR count). The van der Waals surface area contributed by atoms with Gasteiger partial charge in [0, 0.05) is 49.8 Å². The van der Waals surface area contributed by atoms with Crippen LogP contribution < -0.4 is 35.8 Å². The Hall–Kier alpha value is -4.80. The van der Waals surface area contributed by atoms with E-state index >= 15 is 0 Å². The third kappa shape index (κ3) is 5.63. The molecule has 236 valence electrons. The predicted octanol–water partition coefficient (Wildman–Crippen LogP) is 3.08. The SMILES string of the molecule is COc1cc2c(c(OC)c1OC)-c1ccc(NCC(=O)N3C[C@H]4C[C@@H](C3)c3cccc(=O)n3C4)c(=O)cc1[C@@H](NC(C)=O)CC2. The molecule has 2 bridgehead atoms. The number of carbonyl (C=O) groups excluding carboxylic acids is 2. The Morgan fingerprint density at radius 1 is 0.956 bits per heavy atom. The van der Waals surface area contributed by atoms with E-state index in [1.807, 2.05) is 27.7 Å². The van der Waals surface area contributed by atoms with E-state index in [1.54, 1.807) is 39.5 Å². The molecule has 45 heavy (non-hydrogen) atoms. The van der Waals surface area contributed by atoms with Crippen molar-refractivity contribution in [3.63, 3.8) is 0 Å². The maximum absolute atomic E-state index is 13.6. The van der Waals surface area contributed by atoms with Crippen LogP contribution in [0.25, 0.3) is 11.1 Å². The first-order valence-corrected chi connectivity index (χ1v) is 15.2. The van der Waals surface area contributed by atoms with Crippen molar-refractivity contribution in [2.75, 3.05) is 46.3 Å². The fourth-order valence-electron chi connectivity index (χ4n) is 7.24. The van der Waals surface area contributed by atoms with E-state index in [4.69, 9.17) is 14.2 Å². The molecule has 2 amide bonds. The number of methoxy groups -OCH3 is 3. The maximum atomic E-state index is 13.6. The van der Waals surface area contributed by atoms with E-state index in [2.05, 4.69) is 10.6 Å². The summed E-state index contributed by atoms with van der Waals surface area (Å²) in [6.07, 6.45) is 2.10. The number of amides is 2. The quantitative estimate of drug-likeness (QED) is 0.416. The summed E-state index contributed by atoms with van der Waals surface area (Å²) in [4.78, 5) is 53.5. The van der Waals surface area contributed by atoms with Crippen molar-refractivity contribution in [2.24, 2.45) is 5.92 Å². The zero-order valence-electron chi connectivity index (χ0n) is 26.0. The van der Waals surface area contributed by atoms with Crippen molar-refractivity contribution in [3.8, 4) is 28.4 Å². The Balaban J connectivity index is 1.32. The van der Waals surface area contributed by atoms with Crippen molar-refractivity contribution in [3.05, 3.63) is 79.9 Å². The first kappa shape index (κ1) is 30.2. The normalized spacial score (nSPS) is 19.6. The van der Waals surface area contributed by atoms with E-state index in [0.717, 1.165) is 23.2 Å². The number of nitrogens with one attached hydrogen (secondary N) is 2. The molecule has 3 heterocycles. The van der Waals surface area contributed by atoms with Crippen LogP contribution in [0.2, 0.25) is 0 Å². The Kier molecular flexibility index (Phi) is 8.26. The molecule has 3 aromatic rings. The minimum atomic E-state index is -0.427. The van der Waals surface area contributed by atoms with Crippen molar-refractivity contribution in [2.45, 2.75) is 44.7 Å². The highest BCUT2D eigenvalue weighted by Gasteiger charge is 2.36. The zero-order valence-corrected chi connectivity index (χ0v) is 26.0. The number of ether oxygens (including phenoxy) is 3. The number of pyridine rings is 1. The van der Waals surface area contributed by atoms with Gasteiger partial charge < -0.3 is 34.3 Å². The highest BCUT2D eigenvalue weighted by Crippen LogP contribution is 2.50. The summed E-state index contributed by atoms with van der Waals surface area (Å²) in [5.74, 6) is 1.42. The molecule has 1 aromatic heterocycles. The summed E-state index contributed by atoms with van der Waals surface area (Å²) in [6.45, 7) is 3.10. The van der Waals surface area contributed by atoms with Gasteiger partial charge in [0.1, 0.15) is 0 Å². The average molecular weight is 615 g/mol. The second kappa shape index (κ2) is 12.3. The first-order chi connectivity index (χ1) is 21.7. The molecule has 1 aliphatic carbocycles. The number of piperidine rings is 1. The number of carbonyl (C=O) groups is 2. The number of anilines is 1. The van der Waals surface area contributed by atoms with Crippen LogP contribution in [0, 0.1) is 5.92 Å². The number of hydrogen-bond acceptors (Lipinski definition) is 8. The second-order valence-corrected chi connectivity index (χ2v) is 11.9. The largest absolute Gasteiger partial charge is 0.493 e. The van der Waals surface area contributed by atoms with Gasteiger partial charge in [-0.2, -0.15) is 0 Å². The number of fused-ring (bicyclic) bond motifs is 7. The number of likely N-dealkylation sites (tertiary alicyclic amines) is 1. The zero-order chi connectivity index (χ0) is 31.8. The highest BCUT2D eigenvalue weighted by atomic mass is 16.5. The van der Waals surface area contributed by atoms with Gasteiger partial charge in [0.05, 0.1) is 39.6 Å². The van der Waals surface area contributed by atoms with Crippen LogP contribution in [0.3, 0.4) is 0 Å². The smallest absolute Gasteiger partial charge is 0.250 e. The fraction of sp³-hybridized carbons (Fsp3) is 0.412. The monoisotopic (exact) mass is 614 g/mol. The Labute approximate surface area is 261 Å². The molecule has 3 atom stereocenters. The molecule has 2 N–H and O–H groups in total. The molecule has 2 aromatic carbocycles. The topological polar surface area (TPSA) is 128 Å². The molecule has 1 saturated heterocycles. The van der Waals surface area contributed by atoms with E-state index in [0.29, 0.717) is 60.9 Å². The van der Waals surface area contributed by atoms with Crippen LogP contribution in [0.1, 0.15) is 48.5 Å². The van der Waals surface area contributed by atoms with Gasteiger partial charge in [0.2, 0.25) is 23.0 Å². The highest BCUT2D eigenvalue weighted by molar-refractivity contribution is 5.84. The number of aryl methyl sites for hydroxylation is 1. The molecule has 11 heteroatoms. The van der Waals surface area contributed by atoms with Gasteiger partial charge >= 0.3 is 0 Å². The molecule has 1 fully saturated rings. The molecule has 0 radical (unpaired) electrons. The number of nitrogens with zero attached hydrogens (tertiary/aromatic N) is 2. The van der Waals surface area contributed by atoms with Gasteiger partial charge in [0.25, 0.3) is 5.56 Å². The molecular formula is C34H38N4O7. The lowest BCUT2D eigenvalue weighted by Crippen LogP contribution is -2.50. The molecule has 2 aliphatic heterocycles. The van der Waals surface area contributed by atoms with Crippen LogP contribution in [0.5, 0.6) is 17.2 Å². The van der Waals surface area contributed by atoms with Gasteiger partial charge in [0.15, 0.2) is 11.5 Å². The lowest BCUT2D eigenvalue weighted by molar-refractivity contribution is -0.132. The van der Waals surface area contributed by atoms with E-state index in [-0.39, 0.29) is 46.9 Å². The molecule has 3 aliphatic rings.